The van der Waals surface area contributed by atoms with Crippen LogP contribution in [0.4, 0.5) is 4.39 Å². The van der Waals surface area contributed by atoms with E-state index in [0.29, 0.717) is 18.8 Å². The van der Waals surface area contributed by atoms with Gasteiger partial charge in [0, 0.05) is 18.8 Å². The number of halogens is 1. The van der Waals surface area contributed by atoms with E-state index in [4.69, 9.17) is 5.73 Å². The third kappa shape index (κ3) is 3.32. The first kappa shape index (κ1) is 11.7. The summed E-state index contributed by atoms with van der Waals surface area (Å²) in [6.45, 7) is 0.590. The highest BCUT2D eigenvalue weighted by molar-refractivity contribution is 5.20. The summed E-state index contributed by atoms with van der Waals surface area (Å²) in [6, 6.07) is 6.47. The van der Waals surface area contributed by atoms with E-state index in [1.165, 1.54) is 12.1 Å². The number of benzene rings is 1. The van der Waals surface area contributed by atoms with Gasteiger partial charge in [-0.1, -0.05) is 12.1 Å². The molecule has 0 unspecified atom stereocenters. The van der Waals surface area contributed by atoms with E-state index in [0.717, 1.165) is 17.5 Å². The highest BCUT2D eigenvalue weighted by Gasteiger charge is 2.01. The molecule has 88 valence electrons. The van der Waals surface area contributed by atoms with Crippen LogP contribution in [0, 0.1) is 5.82 Å². The minimum Gasteiger partial charge on any atom is -0.330 e. The van der Waals surface area contributed by atoms with Crippen LogP contribution < -0.4 is 5.73 Å². The summed E-state index contributed by atoms with van der Waals surface area (Å²) >= 11 is 0. The third-order valence-corrected chi connectivity index (χ3v) is 2.44. The molecule has 0 saturated heterocycles. The summed E-state index contributed by atoms with van der Waals surface area (Å²) in [5.41, 5.74) is 7.34. The molecule has 2 N–H and O–H groups in total. The summed E-state index contributed by atoms with van der Waals surface area (Å²) in [5.74, 6) is 0.457. The van der Waals surface area contributed by atoms with Crippen LogP contribution >= 0.6 is 0 Å². The summed E-state index contributed by atoms with van der Waals surface area (Å²) in [6.07, 6.45) is 4.86. The average Bonchev–Trinajstić information content (AvgIpc) is 2.32. The zero-order chi connectivity index (χ0) is 12.1. The number of nitrogens with two attached hydrogens (primary N) is 1. The van der Waals surface area contributed by atoms with Gasteiger partial charge in [-0.05, 0) is 36.2 Å². The molecule has 2 aromatic rings. The molecule has 0 atom stereocenters. The van der Waals surface area contributed by atoms with Crippen molar-refractivity contribution in [3.8, 4) is 0 Å². The fourth-order valence-electron chi connectivity index (χ4n) is 1.60. The van der Waals surface area contributed by atoms with Gasteiger partial charge >= 0.3 is 0 Å². The molecule has 0 saturated carbocycles. The van der Waals surface area contributed by atoms with Crippen molar-refractivity contribution in [3.05, 3.63) is 59.4 Å². The highest BCUT2D eigenvalue weighted by atomic mass is 19.1. The number of hydrogen-bond acceptors (Lipinski definition) is 3. The lowest BCUT2D eigenvalue weighted by Crippen LogP contribution is -2.05. The van der Waals surface area contributed by atoms with Gasteiger partial charge in [-0.25, -0.2) is 14.4 Å². The summed E-state index contributed by atoms with van der Waals surface area (Å²) < 4.78 is 13.0. The van der Waals surface area contributed by atoms with Crippen LogP contribution in [0.5, 0.6) is 0 Å². The number of hydrogen-bond donors (Lipinski definition) is 1. The van der Waals surface area contributed by atoms with E-state index in [1.54, 1.807) is 18.5 Å². The summed E-state index contributed by atoms with van der Waals surface area (Å²) in [7, 11) is 0. The fourth-order valence-corrected chi connectivity index (χ4v) is 1.60. The Morgan fingerprint density at radius 2 is 1.88 bits per heavy atom. The van der Waals surface area contributed by atoms with Crippen molar-refractivity contribution in [2.24, 2.45) is 5.73 Å². The van der Waals surface area contributed by atoms with Crippen molar-refractivity contribution in [1.29, 1.82) is 0 Å². The van der Waals surface area contributed by atoms with Gasteiger partial charge in [-0.15, -0.1) is 0 Å². The second kappa shape index (κ2) is 5.50. The molecule has 0 bridgehead atoms. The van der Waals surface area contributed by atoms with Gasteiger partial charge in [0.25, 0.3) is 0 Å². The van der Waals surface area contributed by atoms with E-state index >= 15 is 0 Å². The van der Waals surface area contributed by atoms with Gasteiger partial charge in [-0.3, -0.25) is 0 Å². The van der Waals surface area contributed by atoms with Crippen LogP contribution in [-0.2, 0) is 12.8 Å². The van der Waals surface area contributed by atoms with Crippen LogP contribution in [0.3, 0.4) is 0 Å². The number of aromatic nitrogens is 2. The summed E-state index contributed by atoms with van der Waals surface area (Å²) in [5, 5.41) is 0. The standard InChI is InChI=1S/C13H14FN3/c14-12-3-1-2-10(6-12)7-13-16-8-11(4-5-15)9-17-13/h1-3,6,8-9H,4-5,7,15H2. The van der Waals surface area contributed by atoms with Gasteiger partial charge in [0.2, 0.25) is 0 Å². The zero-order valence-corrected chi connectivity index (χ0v) is 9.44. The Morgan fingerprint density at radius 3 is 2.53 bits per heavy atom. The molecule has 0 fully saturated rings. The van der Waals surface area contributed by atoms with Crippen molar-refractivity contribution >= 4 is 0 Å². The maximum atomic E-state index is 13.0. The Labute approximate surface area is 99.5 Å². The van der Waals surface area contributed by atoms with Crippen LogP contribution in [0.2, 0.25) is 0 Å². The molecule has 0 aliphatic heterocycles. The van der Waals surface area contributed by atoms with E-state index in [2.05, 4.69) is 9.97 Å². The highest BCUT2D eigenvalue weighted by Crippen LogP contribution is 2.08. The van der Waals surface area contributed by atoms with Gasteiger partial charge in [0.15, 0.2) is 0 Å². The van der Waals surface area contributed by atoms with Crippen LogP contribution in [0.15, 0.2) is 36.7 Å². The first-order chi connectivity index (χ1) is 8.28. The van der Waals surface area contributed by atoms with Crippen LogP contribution in [-0.4, -0.2) is 16.5 Å². The molecule has 1 aromatic heterocycles. The SMILES string of the molecule is NCCc1cnc(Cc2cccc(F)c2)nc1. The topological polar surface area (TPSA) is 51.8 Å². The first-order valence-corrected chi connectivity index (χ1v) is 5.52. The molecule has 0 aliphatic carbocycles. The van der Waals surface area contributed by atoms with Crippen molar-refractivity contribution in [2.45, 2.75) is 12.8 Å². The molecule has 2 rings (SSSR count). The molecule has 0 spiro atoms. The normalized spacial score (nSPS) is 10.5. The van der Waals surface area contributed by atoms with Crippen molar-refractivity contribution < 1.29 is 4.39 Å². The van der Waals surface area contributed by atoms with Crippen molar-refractivity contribution in [2.75, 3.05) is 6.54 Å². The average molecular weight is 231 g/mol. The molecule has 1 aromatic carbocycles. The van der Waals surface area contributed by atoms with E-state index < -0.39 is 0 Å². The lowest BCUT2D eigenvalue weighted by molar-refractivity contribution is 0.625. The molecule has 0 amide bonds. The van der Waals surface area contributed by atoms with Gasteiger partial charge in [-0.2, -0.15) is 0 Å². The monoisotopic (exact) mass is 231 g/mol. The van der Waals surface area contributed by atoms with Crippen LogP contribution in [0.1, 0.15) is 17.0 Å². The Morgan fingerprint density at radius 1 is 1.12 bits per heavy atom. The maximum absolute atomic E-state index is 13.0. The quantitative estimate of drug-likeness (QED) is 0.871. The molecule has 4 heteroatoms. The minimum atomic E-state index is -0.234. The van der Waals surface area contributed by atoms with Crippen molar-refractivity contribution in [3.63, 3.8) is 0 Å². The fraction of sp³-hybridized carbons (Fsp3) is 0.231. The first-order valence-electron chi connectivity index (χ1n) is 5.52. The molecular formula is C13H14FN3. The van der Waals surface area contributed by atoms with E-state index in [-0.39, 0.29) is 5.82 Å². The molecule has 0 radical (unpaired) electrons. The number of nitrogens with zero attached hydrogens (tertiary/aromatic N) is 2. The van der Waals surface area contributed by atoms with E-state index in [9.17, 15) is 4.39 Å². The van der Waals surface area contributed by atoms with Crippen LogP contribution in [0.25, 0.3) is 0 Å². The smallest absolute Gasteiger partial charge is 0.132 e. The van der Waals surface area contributed by atoms with Crippen molar-refractivity contribution in [1.82, 2.24) is 9.97 Å². The minimum absolute atomic E-state index is 0.234. The second-order valence-electron chi connectivity index (χ2n) is 3.85. The van der Waals surface area contributed by atoms with Gasteiger partial charge in [0.05, 0.1) is 0 Å². The molecule has 3 nitrogen and oxygen atoms in total. The lowest BCUT2D eigenvalue weighted by Gasteiger charge is -2.02. The maximum Gasteiger partial charge on any atom is 0.132 e. The van der Waals surface area contributed by atoms with Gasteiger partial charge in [0.1, 0.15) is 11.6 Å². The van der Waals surface area contributed by atoms with E-state index in [1.807, 2.05) is 6.07 Å². The molecule has 17 heavy (non-hydrogen) atoms. The third-order valence-electron chi connectivity index (χ3n) is 2.44. The predicted molar refractivity (Wildman–Crippen MR) is 64.0 cm³/mol. The van der Waals surface area contributed by atoms with Gasteiger partial charge < -0.3 is 5.73 Å². The molecule has 1 heterocycles. The largest absolute Gasteiger partial charge is 0.330 e. The Hall–Kier alpha value is -1.81. The molecular weight excluding hydrogens is 217 g/mol. The Balaban J connectivity index is 2.08. The Kier molecular flexibility index (Phi) is 3.77. The second-order valence-corrected chi connectivity index (χ2v) is 3.85. The lowest BCUT2D eigenvalue weighted by atomic mass is 10.1. The number of rotatable bonds is 4. The predicted octanol–water partition coefficient (Wildman–Crippen LogP) is 1.71. The zero-order valence-electron chi connectivity index (χ0n) is 9.44. The molecule has 0 aliphatic rings. The summed E-state index contributed by atoms with van der Waals surface area (Å²) in [4.78, 5) is 8.47. The Bertz CT molecular complexity index is 482.